The second-order valence-electron chi connectivity index (χ2n) is 6.26. The number of benzene rings is 1. The van der Waals surface area contributed by atoms with E-state index in [9.17, 15) is 10.1 Å². The number of hydrogen-bond acceptors (Lipinski definition) is 4. The topological polar surface area (TPSA) is 49.6 Å². The van der Waals surface area contributed by atoms with Crippen molar-refractivity contribution in [1.82, 2.24) is 4.90 Å². The van der Waals surface area contributed by atoms with Crippen LogP contribution in [0.15, 0.2) is 18.2 Å². The van der Waals surface area contributed by atoms with Gasteiger partial charge in [-0.15, -0.1) is 0 Å². The van der Waals surface area contributed by atoms with Crippen LogP contribution in [-0.4, -0.2) is 42.5 Å². The predicted octanol–water partition coefficient (Wildman–Crippen LogP) is 3.00. The van der Waals surface area contributed by atoms with Crippen LogP contribution in [0.4, 0.5) is 11.4 Å². The lowest BCUT2D eigenvalue weighted by Crippen LogP contribution is -2.51. The van der Waals surface area contributed by atoms with Crippen LogP contribution >= 0.6 is 0 Å². The SMILES string of the molecule is CCC1CN(c2ccc([N+](=O)[O-])c(C3CC3)c2)CCN1C. The smallest absolute Gasteiger partial charge is 0.273 e. The largest absolute Gasteiger partial charge is 0.369 e. The number of likely N-dealkylation sites (N-methyl/N-ethyl adjacent to an activating group) is 1. The maximum absolute atomic E-state index is 11.2. The summed E-state index contributed by atoms with van der Waals surface area (Å²) in [5.74, 6) is 0.403. The first-order chi connectivity index (χ1) is 10.1. The Kier molecular flexibility index (Phi) is 3.85. The van der Waals surface area contributed by atoms with Crippen LogP contribution in [-0.2, 0) is 0 Å². The standard InChI is InChI=1S/C16H23N3O2/c1-3-13-11-18(9-8-17(13)2)14-6-7-16(19(20)21)15(10-14)12-4-5-12/h6-7,10,12-13H,3-5,8-9,11H2,1-2H3. The summed E-state index contributed by atoms with van der Waals surface area (Å²) >= 11 is 0. The van der Waals surface area contributed by atoms with E-state index in [1.165, 1.54) is 0 Å². The molecule has 5 heteroatoms. The second kappa shape index (κ2) is 5.64. The molecule has 21 heavy (non-hydrogen) atoms. The molecule has 1 atom stereocenters. The van der Waals surface area contributed by atoms with E-state index < -0.39 is 0 Å². The Balaban J connectivity index is 1.85. The molecule has 0 radical (unpaired) electrons. The molecular formula is C16H23N3O2. The first-order valence-corrected chi connectivity index (χ1v) is 7.83. The number of hydrogen-bond donors (Lipinski definition) is 0. The lowest BCUT2D eigenvalue weighted by Gasteiger charge is -2.40. The summed E-state index contributed by atoms with van der Waals surface area (Å²) in [6.45, 7) is 5.27. The minimum absolute atomic E-state index is 0.240. The highest BCUT2D eigenvalue weighted by molar-refractivity contribution is 5.58. The van der Waals surface area contributed by atoms with Crippen molar-refractivity contribution in [1.29, 1.82) is 0 Å². The molecule has 0 spiro atoms. The van der Waals surface area contributed by atoms with E-state index in [0.29, 0.717) is 17.6 Å². The maximum atomic E-state index is 11.2. The third-order valence-corrected chi connectivity index (χ3v) is 4.84. The van der Waals surface area contributed by atoms with E-state index in [4.69, 9.17) is 0 Å². The number of anilines is 1. The Labute approximate surface area is 125 Å². The number of nitro groups is 1. The normalized spacial score (nSPS) is 23.3. The molecule has 5 nitrogen and oxygen atoms in total. The van der Waals surface area contributed by atoms with Crippen LogP contribution in [0, 0.1) is 10.1 Å². The molecule has 3 rings (SSSR count). The summed E-state index contributed by atoms with van der Waals surface area (Å²) in [4.78, 5) is 15.7. The van der Waals surface area contributed by atoms with Crippen LogP contribution in [0.2, 0.25) is 0 Å². The fraction of sp³-hybridized carbons (Fsp3) is 0.625. The zero-order chi connectivity index (χ0) is 15.0. The first kappa shape index (κ1) is 14.3. The zero-order valence-electron chi connectivity index (χ0n) is 12.8. The fourth-order valence-electron chi connectivity index (χ4n) is 3.25. The molecule has 0 amide bonds. The third kappa shape index (κ3) is 2.88. The van der Waals surface area contributed by atoms with Crippen molar-refractivity contribution in [3.8, 4) is 0 Å². The highest BCUT2D eigenvalue weighted by atomic mass is 16.6. The van der Waals surface area contributed by atoms with E-state index in [1.807, 2.05) is 6.07 Å². The van der Waals surface area contributed by atoms with E-state index in [-0.39, 0.29) is 4.92 Å². The Morgan fingerprint density at radius 3 is 2.71 bits per heavy atom. The highest BCUT2D eigenvalue weighted by Gasteiger charge is 2.32. The van der Waals surface area contributed by atoms with Crippen molar-refractivity contribution in [2.45, 2.75) is 38.1 Å². The van der Waals surface area contributed by atoms with E-state index >= 15 is 0 Å². The summed E-state index contributed by atoms with van der Waals surface area (Å²) in [7, 11) is 2.18. The molecule has 1 aromatic carbocycles. The average Bonchev–Trinajstić information content (AvgIpc) is 3.31. The number of rotatable bonds is 4. The minimum atomic E-state index is -0.240. The molecule has 114 valence electrons. The number of nitrogens with zero attached hydrogens (tertiary/aromatic N) is 3. The van der Waals surface area contributed by atoms with Gasteiger partial charge in [0.05, 0.1) is 4.92 Å². The van der Waals surface area contributed by atoms with Gasteiger partial charge in [0.25, 0.3) is 5.69 Å². The van der Waals surface area contributed by atoms with Crippen LogP contribution in [0.5, 0.6) is 0 Å². The van der Waals surface area contributed by atoms with Crippen molar-refractivity contribution >= 4 is 11.4 Å². The maximum Gasteiger partial charge on any atom is 0.273 e. The van der Waals surface area contributed by atoms with E-state index in [2.05, 4.69) is 29.8 Å². The van der Waals surface area contributed by atoms with Gasteiger partial charge in [0.1, 0.15) is 0 Å². The van der Waals surface area contributed by atoms with Gasteiger partial charge in [-0.05, 0) is 44.4 Å². The highest BCUT2D eigenvalue weighted by Crippen LogP contribution is 2.45. The number of nitro benzene ring substituents is 1. The molecule has 1 aromatic rings. The first-order valence-electron chi connectivity index (χ1n) is 7.83. The van der Waals surface area contributed by atoms with E-state index in [0.717, 1.165) is 50.1 Å². The Hall–Kier alpha value is -1.62. The molecule has 1 saturated heterocycles. The van der Waals surface area contributed by atoms with Gasteiger partial charge in [-0.2, -0.15) is 0 Å². The Bertz CT molecular complexity index is 542. The van der Waals surface area contributed by atoms with Gasteiger partial charge in [-0.3, -0.25) is 15.0 Å². The monoisotopic (exact) mass is 289 g/mol. The lowest BCUT2D eigenvalue weighted by molar-refractivity contribution is -0.385. The quantitative estimate of drug-likeness (QED) is 0.631. The molecule has 2 aliphatic rings. The number of piperazine rings is 1. The van der Waals surface area contributed by atoms with Crippen LogP contribution in [0.3, 0.4) is 0 Å². The van der Waals surface area contributed by atoms with Gasteiger partial charge in [0.15, 0.2) is 0 Å². The van der Waals surface area contributed by atoms with Crippen LogP contribution < -0.4 is 4.90 Å². The van der Waals surface area contributed by atoms with Crippen molar-refractivity contribution in [2.24, 2.45) is 0 Å². The fourth-order valence-corrected chi connectivity index (χ4v) is 3.25. The second-order valence-corrected chi connectivity index (χ2v) is 6.26. The zero-order valence-corrected chi connectivity index (χ0v) is 12.8. The van der Waals surface area contributed by atoms with Gasteiger partial charge < -0.3 is 4.90 Å². The molecule has 0 aromatic heterocycles. The third-order valence-electron chi connectivity index (χ3n) is 4.84. The van der Waals surface area contributed by atoms with Crippen molar-refractivity contribution in [3.05, 3.63) is 33.9 Å². The summed E-state index contributed by atoms with van der Waals surface area (Å²) in [5.41, 5.74) is 2.38. The van der Waals surface area contributed by atoms with Gasteiger partial charge in [0.2, 0.25) is 0 Å². The van der Waals surface area contributed by atoms with Crippen LogP contribution in [0.25, 0.3) is 0 Å². The molecule has 1 heterocycles. The molecule has 1 unspecified atom stereocenters. The van der Waals surface area contributed by atoms with Gasteiger partial charge >= 0.3 is 0 Å². The van der Waals surface area contributed by atoms with E-state index in [1.54, 1.807) is 6.07 Å². The average molecular weight is 289 g/mol. The van der Waals surface area contributed by atoms with Gasteiger partial charge in [-0.1, -0.05) is 6.92 Å². The molecular weight excluding hydrogens is 266 g/mol. The van der Waals surface area contributed by atoms with Gasteiger partial charge in [0, 0.05) is 43.0 Å². The van der Waals surface area contributed by atoms with Crippen molar-refractivity contribution < 1.29 is 4.92 Å². The molecule has 2 fully saturated rings. The van der Waals surface area contributed by atoms with Crippen molar-refractivity contribution in [3.63, 3.8) is 0 Å². The van der Waals surface area contributed by atoms with Crippen molar-refractivity contribution in [2.75, 3.05) is 31.6 Å². The summed E-state index contributed by atoms with van der Waals surface area (Å²) in [6, 6.07) is 6.25. The molecule has 0 bridgehead atoms. The summed E-state index contributed by atoms with van der Waals surface area (Å²) < 4.78 is 0. The predicted molar refractivity (Wildman–Crippen MR) is 84.0 cm³/mol. The molecule has 1 aliphatic heterocycles. The summed E-state index contributed by atoms with van der Waals surface area (Å²) in [6.07, 6.45) is 3.31. The molecule has 0 N–H and O–H groups in total. The summed E-state index contributed by atoms with van der Waals surface area (Å²) in [5, 5.41) is 11.2. The lowest BCUT2D eigenvalue weighted by atomic mass is 10.0. The van der Waals surface area contributed by atoms with Gasteiger partial charge in [-0.25, -0.2) is 0 Å². The molecule has 1 aliphatic carbocycles. The van der Waals surface area contributed by atoms with Crippen LogP contribution in [0.1, 0.15) is 37.7 Å². The molecule has 1 saturated carbocycles. The minimum Gasteiger partial charge on any atom is -0.369 e. The Morgan fingerprint density at radius 1 is 1.33 bits per heavy atom. The Morgan fingerprint density at radius 2 is 2.10 bits per heavy atom.